The van der Waals surface area contributed by atoms with Crippen molar-refractivity contribution in [1.29, 1.82) is 0 Å². The van der Waals surface area contributed by atoms with Crippen LogP contribution in [0.5, 0.6) is 5.75 Å². The lowest BCUT2D eigenvalue weighted by atomic mass is 9.85. The molecule has 2 heterocycles. The molecule has 0 radical (unpaired) electrons. The Labute approximate surface area is 118 Å². The summed E-state index contributed by atoms with van der Waals surface area (Å²) >= 11 is 3.27. The number of rotatable bonds is 2. The first-order chi connectivity index (χ1) is 8.86. The Hall–Kier alpha value is -1.63. The number of carbonyl (C=O) groups excluding carboxylic acids is 2. The molecule has 0 bridgehead atoms. The minimum Gasteiger partial charge on any atom is -0.475 e. The van der Waals surface area contributed by atoms with Gasteiger partial charge >= 0.3 is 5.97 Å². The second-order valence-corrected chi connectivity index (χ2v) is 5.62. The molecule has 0 aliphatic carbocycles. The maximum atomic E-state index is 12.0. The van der Waals surface area contributed by atoms with E-state index in [0.717, 1.165) is 4.47 Å². The number of fused-ring (bicyclic) bond motifs is 1. The number of aromatic nitrogens is 1. The topological polar surface area (TPSA) is 77.5 Å². The quantitative estimate of drug-likeness (QED) is 0.837. The highest BCUT2D eigenvalue weighted by molar-refractivity contribution is 9.10. The first kappa shape index (κ1) is 13.8. The lowest BCUT2D eigenvalue weighted by Crippen LogP contribution is -2.51. The molecular weight excluding hydrogens is 316 g/mol. The van der Waals surface area contributed by atoms with Crippen molar-refractivity contribution >= 4 is 33.6 Å². The van der Waals surface area contributed by atoms with Gasteiger partial charge in [0, 0.05) is 10.7 Å². The monoisotopic (exact) mass is 328 g/mol. The number of amides is 1. The Morgan fingerprint density at radius 3 is 2.89 bits per heavy atom. The third kappa shape index (κ3) is 2.42. The summed E-state index contributed by atoms with van der Waals surface area (Å²) in [5, 5.41) is 2.62. The number of halogens is 1. The van der Waals surface area contributed by atoms with E-state index < -0.39 is 23.4 Å². The number of nitrogens with one attached hydrogen (secondary N) is 1. The molecule has 1 aliphatic rings. The van der Waals surface area contributed by atoms with E-state index in [2.05, 4.69) is 26.2 Å². The molecule has 1 unspecified atom stereocenters. The molecule has 0 saturated carbocycles. The molecule has 0 saturated heterocycles. The van der Waals surface area contributed by atoms with Crippen LogP contribution in [0.2, 0.25) is 0 Å². The largest absolute Gasteiger partial charge is 0.475 e. The van der Waals surface area contributed by atoms with Crippen molar-refractivity contribution in [3.63, 3.8) is 0 Å². The summed E-state index contributed by atoms with van der Waals surface area (Å²) in [6, 6.07) is 1.68. The zero-order chi connectivity index (χ0) is 14.2. The van der Waals surface area contributed by atoms with Gasteiger partial charge in [-0.2, -0.15) is 0 Å². The number of carbonyl (C=O) groups is 2. The number of pyridine rings is 1. The van der Waals surface area contributed by atoms with Crippen molar-refractivity contribution in [2.75, 3.05) is 12.4 Å². The van der Waals surface area contributed by atoms with E-state index >= 15 is 0 Å². The van der Waals surface area contributed by atoms with Crippen molar-refractivity contribution in [3.05, 3.63) is 16.7 Å². The normalized spacial score (nSPS) is 18.1. The Kier molecular flexibility index (Phi) is 3.49. The smallest absolute Gasteiger partial charge is 0.315 e. The van der Waals surface area contributed by atoms with Gasteiger partial charge in [-0.1, -0.05) is 0 Å². The average molecular weight is 329 g/mol. The molecular formula is C12H13BrN2O4. The zero-order valence-electron chi connectivity index (χ0n) is 10.7. The van der Waals surface area contributed by atoms with Gasteiger partial charge in [0.15, 0.2) is 17.7 Å². The van der Waals surface area contributed by atoms with Gasteiger partial charge in [0.1, 0.15) is 5.41 Å². The second kappa shape index (κ2) is 4.80. The van der Waals surface area contributed by atoms with Crippen LogP contribution in [0.1, 0.15) is 13.8 Å². The van der Waals surface area contributed by atoms with Crippen LogP contribution in [-0.4, -0.2) is 30.1 Å². The summed E-state index contributed by atoms with van der Waals surface area (Å²) in [6.07, 6.45) is 0.581. The van der Waals surface area contributed by atoms with Crippen LogP contribution < -0.4 is 10.1 Å². The second-order valence-electron chi connectivity index (χ2n) is 4.70. The van der Waals surface area contributed by atoms with Crippen molar-refractivity contribution in [3.8, 4) is 5.75 Å². The van der Waals surface area contributed by atoms with Crippen molar-refractivity contribution in [2.45, 2.75) is 20.0 Å². The predicted molar refractivity (Wildman–Crippen MR) is 70.8 cm³/mol. The lowest BCUT2D eigenvalue weighted by Gasteiger charge is -2.34. The molecule has 2 rings (SSSR count). The lowest BCUT2D eigenvalue weighted by molar-refractivity contribution is -0.159. The summed E-state index contributed by atoms with van der Waals surface area (Å²) in [6.45, 7) is 3.19. The predicted octanol–water partition coefficient (Wildman–Crippen LogP) is 1.74. The van der Waals surface area contributed by atoms with Crippen LogP contribution in [0.4, 0.5) is 5.82 Å². The Morgan fingerprint density at radius 1 is 1.58 bits per heavy atom. The van der Waals surface area contributed by atoms with Gasteiger partial charge in [-0.25, -0.2) is 4.98 Å². The molecule has 1 aromatic rings. The molecule has 1 aromatic heterocycles. The number of nitrogens with zero attached hydrogens (tertiary/aromatic N) is 1. The first-order valence-corrected chi connectivity index (χ1v) is 6.37. The van der Waals surface area contributed by atoms with E-state index in [9.17, 15) is 9.59 Å². The number of methoxy groups -OCH3 is 1. The minimum atomic E-state index is -1.10. The van der Waals surface area contributed by atoms with Crippen LogP contribution in [0.25, 0.3) is 0 Å². The number of hydrogen-bond donors (Lipinski definition) is 1. The van der Waals surface area contributed by atoms with Crippen molar-refractivity contribution in [2.24, 2.45) is 5.41 Å². The summed E-state index contributed by atoms with van der Waals surface area (Å²) in [4.78, 5) is 27.8. The highest BCUT2D eigenvalue weighted by atomic mass is 79.9. The minimum absolute atomic E-state index is 0.338. The maximum Gasteiger partial charge on any atom is 0.315 e. The first-order valence-electron chi connectivity index (χ1n) is 5.57. The van der Waals surface area contributed by atoms with Gasteiger partial charge in [0.2, 0.25) is 0 Å². The Balaban J connectivity index is 2.35. The van der Waals surface area contributed by atoms with Crippen molar-refractivity contribution < 1.29 is 19.1 Å². The molecule has 6 nitrogen and oxygen atoms in total. The molecule has 0 spiro atoms. The van der Waals surface area contributed by atoms with Crippen LogP contribution in [0.15, 0.2) is 16.7 Å². The van der Waals surface area contributed by atoms with Gasteiger partial charge in [-0.3, -0.25) is 9.59 Å². The number of ether oxygens (including phenoxy) is 2. The highest BCUT2D eigenvalue weighted by Crippen LogP contribution is 2.35. The molecule has 7 heteroatoms. The summed E-state index contributed by atoms with van der Waals surface area (Å²) in [7, 11) is 1.27. The van der Waals surface area contributed by atoms with E-state index in [1.165, 1.54) is 7.11 Å². The Bertz CT molecular complexity index is 545. The summed E-state index contributed by atoms with van der Waals surface area (Å²) in [5.41, 5.74) is -1.10. The maximum absolute atomic E-state index is 12.0. The molecule has 1 N–H and O–H groups in total. The standard InChI is InChI=1S/C12H13BrN2O4/c1-12(2,11(17)18-3)8-10(16)15-9-7(19-8)4-6(13)5-14-9/h4-5,8H,1-3H3,(H,14,15,16). The van der Waals surface area contributed by atoms with Crippen molar-refractivity contribution in [1.82, 2.24) is 4.98 Å². The van der Waals surface area contributed by atoms with Crippen LogP contribution in [0.3, 0.4) is 0 Å². The van der Waals surface area contributed by atoms with Crippen LogP contribution in [0, 0.1) is 5.41 Å². The zero-order valence-corrected chi connectivity index (χ0v) is 12.3. The van der Waals surface area contributed by atoms with Gasteiger partial charge < -0.3 is 14.8 Å². The van der Waals surface area contributed by atoms with Gasteiger partial charge in [0.25, 0.3) is 5.91 Å². The fourth-order valence-electron chi connectivity index (χ4n) is 1.81. The van der Waals surface area contributed by atoms with E-state index in [0.29, 0.717) is 11.6 Å². The van der Waals surface area contributed by atoms with E-state index in [4.69, 9.17) is 9.47 Å². The SMILES string of the molecule is COC(=O)C(C)(C)C1Oc2cc(Br)cnc2NC1=O. The van der Waals surface area contributed by atoms with Gasteiger partial charge in [-0.05, 0) is 35.8 Å². The van der Waals surface area contributed by atoms with E-state index in [-0.39, 0.29) is 0 Å². The molecule has 1 atom stereocenters. The van der Waals surface area contributed by atoms with Crippen LogP contribution in [-0.2, 0) is 14.3 Å². The molecule has 0 aromatic carbocycles. The highest BCUT2D eigenvalue weighted by Gasteiger charge is 2.46. The average Bonchev–Trinajstić information content (AvgIpc) is 2.37. The van der Waals surface area contributed by atoms with E-state index in [1.807, 2.05) is 0 Å². The fourth-order valence-corrected chi connectivity index (χ4v) is 2.12. The van der Waals surface area contributed by atoms with Gasteiger partial charge in [-0.15, -0.1) is 0 Å². The van der Waals surface area contributed by atoms with Crippen LogP contribution >= 0.6 is 15.9 Å². The molecule has 0 fully saturated rings. The Morgan fingerprint density at radius 2 is 2.26 bits per heavy atom. The molecule has 1 aliphatic heterocycles. The summed E-state index contributed by atoms with van der Waals surface area (Å²) in [5.74, 6) is -0.183. The number of anilines is 1. The molecule has 19 heavy (non-hydrogen) atoms. The number of hydrogen-bond acceptors (Lipinski definition) is 5. The third-order valence-electron chi connectivity index (χ3n) is 2.91. The molecule has 102 valence electrons. The van der Waals surface area contributed by atoms with Gasteiger partial charge in [0.05, 0.1) is 7.11 Å². The molecule has 1 amide bonds. The summed E-state index contributed by atoms with van der Waals surface area (Å²) < 4.78 is 11.0. The third-order valence-corrected chi connectivity index (χ3v) is 3.34. The fraction of sp³-hybridized carbons (Fsp3) is 0.417. The number of esters is 1. The van der Waals surface area contributed by atoms with E-state index in [1.54, 1.807) is 26.1 Å².